The first-order valence-electron chi connectivity index (χ1n) is 11.4. The van der Waals surface area contributed by atoms with Gasteiger partial charge >= 0.3 is 0 Å². The third kappa shape index (κ3) is 4.88. The Kier molecular flexibility index (Phi) is 6.30. The van der Waals surface area contributed by atoms with Gasteiger partial charge in [-0.05, 0) is 43.6 Å². The van der Waals surface area contributed by atoms with Gasteiger partial charge in [-0.25, -0.2) is 19.0 Å². The van der Waals surface area contributed by atoms with Crippen LogP contribution in [0.3, 0.4) is 0 Å². The maximum absolute atomic E-state index is 14.6. The van der Waals surface area contributed by atoms with Crippen molar-refractivity contribution >= 4 is 24.3 Å². The number of rotatable bonds is 7. The second-order valence-corrected chi connectivity index (χ2v) is 8.50. The number of nitrogens with zero attached hydrogens (tertiary/aromatic N) is 6. The first-order chi connectivity index (χ1) is 16.2. The maximum atomic E-state index is 14.6. The van der Waals surface area contributed by atoms with Crippen molar-refractivity contribution in [3.63, 3.8) is 0 Å². The molecule has 0 N–H and O–H groups in total. The van der Waals surface area contributed by atoms with E-state index in [1.807, 2.05) is 24.3 Å². The van der Waals surface area contributed by atoms with Gasteiger partial charge in [-0.1, -0.05) is 41.4 Å². The molecular formula is C24H26BFN6O. The molecule has 3 heterocycles. The molecule has 7 nitrogen and oxygen atoms in total. The Labute approximate surface area is 193 Å². The number of ether oxygens (including phenoxy) is 1. The molecule has 1 aliphatic heterocycles. The molecule has 0 atom stereocenters. The molecule has 0 bridgehead atoms. The van der Waals surface area contributed by atoms with Crippen molar-refractivity contribution in [2.75, 3.05) is 26.2 Å². The average Bonchev–Trinajstić information content (AvgIpc) is 3.26. The van der Waals surface area contributed by atoms with Crippen LogP contribution in [0.25, 0.3) is 22.4 Å². The lowest BCUT2D eigenvalue weighted by atomic mass is 9.95. The lowest BCUT2D eigenvalue weighted by Crippen LogP contribution is -2.33. The maximum Gasteiger partial charge on any atom is 0.159 e. The van der Waals surface area contributed by atoms with Gasteiger partial charge in [0.05, 0.1) is 18.9 Å². The van der Waals surface area contributed by atoms with Gasteiger partial charge < -0.3 is 4.74 Å². The van der Waals surface area contributed by atoms with Gasteiger partial charge in [-0.2, -0.15) is 0 Å². The van der Waals surface area contributed by atoms with Crippen LogP contribution in [0.2, 0.25) is 0 Å². The molecule has 168 valence electrons. The fourth-order valence-electron chi connectivity index (χ4n) is 4.24. The van der Waals surface area contributed by atoms with Crippen molar-refractivity contribution in [2.24, 2.45) is 0 Å². The number of fused-ring (bicyclic) bond motifs is 1. The molecule has 9 heteroatoms. The van der Waals surface area contributed by atoms with Gasteiger partial charge in [0.2, 0.25) is 0 Å². The minimum absolute atomic E-state index is 0.284. The zero-order valence-corrected chi connectivity index (χ0v) is 18.7. The quantitative estimate of drug-likeness (QED) is 0.407. The Balaban J connectivity index is 1.26. The number of benzene rings is 2. The zero-order valence-electron chi connectivity index (χ0n) is 18.7. The summed E-state index contributed by atoms with van der Waals surface area (Å²) in [5.74, 6) is 1.01. The Morgan fingerprint density at radius 2 is 1.85 bits per heavy atom. The Bertz CT molecular complexity index is 1240. The van der Waals surface area contributed by atoms with E-state index in [0.29, 0.717) is 41.2 Å². The summed E-state index contributed by atoms with van der Waals surface area (Å²) in [6.45, 7) is 4.29. The summed E-state index contributed by atoms with van der Waals surface area (Å²) in [4.78, 5) is 11.4. The number of likely N-dealkylation sites (tertiary alicyclic amines) is 1. The number of hydrogen-bond acceptors (Lipinski definition) is 6. The van der Waals surface area contributed by atoms with E-state index in [1.54, 1.807) is 37.1 Å². The molecule has 0 spiro atoms. The molecule has 0 saturated carbocycles. The summed E-state index contributed by atoms with van der Waals surface area (Å²) < 4.78 is 22.1. The van der Waals surface area contributed by atoms with E-state index < -0.39 is 0 Å². The Hall–Kier alpha value is -3.33. The third-order valence-corrected chi connectivity index (χ3v) is 6.08. The highest BCUT2D eigenvalue weighted by atomic mass is 19.1. The number of aromatic nitrogens is 5. The fraction of sp³-hybridized carbons (Fsp3) is 0.333. The molecule has 0 unspecified atom stereocenters. The second-order valence-electron chi connectivity index (χ2n) is 8.50. The zero-order chi connectivity index (χ0) is 22.6. The minimum Gasteiger partial charge on any atom is -0.489 e. The normalized spacial score (nSPS) is 14.6. The average molecular weight is 444 g/mol. The van der Waals surface area contributed by atoms with E-state index in [0.717, 1.165) is 30.8 Å². The van der Waals surface area contributed by atoms with Gasteiger partial charge in [0.25, 0.3) is 0 Å². The molecule has 2 aromatic carbocycles. The molecule has 0 aliphatic carbocycles. The SMILES string of the molecule is Bc1ccc2nnn(Cc3cccc(-c4ncc(OCCN5CCCCC5)cn4)c3)c2c1F. The predicted octanol–water partition coefficient (Wildman–Crippen LogP) is 2.20. The van der Waals surface area contributed by atoms with Crippen LogP contribution in [-0.2, 0) is 6.54 Å². The number of hydrogen-bond donors (Lipinski definition) is 0. The van der Waals surface area contributed by atoms with Crippen LogP contribution in [0, 0.1) is 5.82 Å². The number of halogens is 1. The topological polar surface area (TPSA) is 69.0 Å². The van der Waals surface area contributed by atoms with Crippen molar-refractivity contribution in [3.8, 4) is 17.1 Å². The summed E-state index contributed by atoms with van der Waals surface area (Å²) in [5.41, 5.74) is 3.39. The van der Waals surface area contributed by atoms with Crippen molar-refractivity contribution in [3.05, 3.63) is 60.2 Å². The molecule has 0 amide bonds. The first-order valence-corrected chi connectivity index (χ1v) is 11.4. The summed E-state index contributed by atoms with van der Waals surface area (Å²) in [7, 11) is 1.74. The molecule has 5 rings (SSSR count). The fourth-order valence-corrected chi connectivity index (χ4v) is 4.24. The molecule has 1 aliphatic rings. The van der Waals surface area contributed by atoms with E-state index in [4.69, 9.17) is 4.74 Å². The molecule has 1 saturated heterocycles. The molecule has 1 fully saturated rings. The van der Waals surface area contributed by atoms with Gasteiger partial charge in [-0.15, -0.1) is 5.10 Å². The van der Waals surface area contributed by atoms with E-state index in [9.17, 15) is 4.39 Å². The van der Waals surface area contributed by atoms with Crippen LogP contribution in [0.5, 0.6) is 5.75 Å². The van der Waals surface area contributed by atoms with Gasteiger partial charge in [0.1, 0.15) is 31.3 Å². The van der Waals surface area contributed by atoms with E-state index in [2.05, 4.69) is 25.2 Å². The van der Waals surface area contributed by atoms with Crippen LogP contribution in [0.15, 0.2) is 48.8 Å². The minimum atomic E-state index is -0.284. The highest BCUT2D eigenvalue weighted by molar-refractivity contribution is 6.33. The van der Waals surface area contributed by atoms with Gasteiger partial charge in [-0.3, -0.25) is 4.90 Å². The second kappa shape index (κ2) is 9.66. The lowest BCUT2D eigenvalue weighted by Gasteiger charge is -2.26. The first kappa shape index (κ1) is 21.5. The summed E-state index contributed by atoms with van der Waals surface area (Å²) in [5, 5.41) is 8.24. The predicted molar refractivity (Wildman–Crippen MR) is 128 cm³/mol. The highest BCUT2D eigenvalue weighted by Gasteiger charge is 2.13. The van der Waals surface area contributed by atoms with Gasteiger partial charge in [0, 0.05) is 12.1 Å². The Morgan fingerprint density at radius 1 is 1.03 bits per heavy atom. The lowest BCUT2D eigenvalue weighted by molar-refractivity contribution is 0.183. The standard InChI is InChI=1S/C24H26BFN6O/c25-20-7-8-21-23(22(20)26)32(30-29-21)16-17-5-4-6-18(13-17)24-27-14-19(15-28-24)33-12-11-31-9-2-1-3-10-31/h4-8,13-15H,1-3,9-12,16,25H2. The molecule has 2 aromatic heterocycles. The monoisotopic (exact) mass is 444 g/mol. The number of piperidine rings is 1. The van der Waals surface area contributed by atoms with Crippen LogP contribution in [0.4, 0.5) is 4.39 Å². The van der Waals surface area contributed by atoms with Crippen LogP contribution < -0.4 is 10.2 Å². The van der Waals surface area contributed by atoms with Crippen LogP contribution in [-0.4, -0.2) is 63.9 Å². The summed E-state index contributed by atoms with van der Waals surface area (Å²) in [6, 6.07) is 11.4. The molecule has 33 heavy (non-hydrogen) atoms. The van der Waals surface area contributed by atoms with Crippen molar-refractivity contribution < 1.29 is 9.13 Å². The molecular weight excluding hydrogens is 418 g/mol. The van der Waals surface area contributed by atoms with E-state index >= 15 is 0 Å². The summed E-state index contributed by atoms with van der Waals surface area (Å²) in [6.07, 6.45) is 7.32. The van der Waals surface area contributed by atoms with Crippen LogP contribution in [0.1, 0.15) is 24.8 Å². The third-order valence-electron chi connectivity index (χ3n) is 6.08. The van der Waals surface area contributed by atoms with Gasteiger partial charge in [0.15, 0.2) is 11.6 Å². The van der Waals surface area contributed by atoms with Crippen molar-refractivity contribution in [2.45, 2.75) is 25.8 Å². The largest absolute Gasteiger partial charge is 0.489 e. The van der Waals surface area contributed by atoms with Crippen molar-refractivity contribution in [1.82, 2.24) is 29.9 Å². The van der Waals surface area contributed by atoms with Crippen LogP contribution >= 0.6 is 0 Å². The van der Waals surface area contributed by atoms with Crippen molar-refractivity contribution in [1.29, 1.82) is 0 Å². The summed E-state index contributed by atoms with van der Waals surface area (Å²) >= 11 is 0. The smallest absolute Gasteiger partial charge is 0.159 e. The van der Waals surface area contributed by atoms with E-state index in [1.165, 1.54) is 19.3 Å². The van der Waals surface area contributed by atoms with E-state index in [-0.39, 0.29) is 5.82 Å². The molecule has 4 aromatic rings. The Morgan fingerprint density at radius 3 is 2.67 bits per heavy atom. The molecule has 0 radical (unpaired) electrons. The highest BCUT2D eigenvalue weighted by Crippen LogP contribution is 2.20.